The van der Waals surface area contributed by atoms with Crippen LogP contribution in [0.1, 0.15) is 27.7 Å². The standard InChI is InChI=1S/C11H21NO4/c1-5-12(6-2)8-10(16-9(4)13)11(14)15-7-3/h10H,5-8H2,1-4H3. The van der Waals surface area contributed by atoms with Crippen molar-refractivity contribution in [2.45, 2.75) is 33.8 Å². The van der Waals surface area contributed by atoms with E-state index in [0.717, 1.165) is 13.1 Å². The Bertz CT molecular complexity index is 226. The molecule has 0 heterocycles. The van der Waals surface area contributed by atoms with Gasteiger partial charge in [0.1, 0.15) is 0 Å². The molecule has 0 aromatic heterocycles. The summed E-state index contributed by atoms with van der Waals surface area (Å²) in [5, 5.41) is 0. The van der Waals surface area contributed by atoms with Gasteiger partial charge in [0.05, 0.1) is 6.61 Å². The highest BCUT2D eigenvalue weighted by molar-refractivity contribution is 5.78. The highest BCUT2D eigenvalue weighted by atomic mass is 16.6. The molecule has 0 aromatic rings. The number of ether oxygens (including phenoxy) is 2. The topological polar surface area (TPSA) is 55.8 Å². The van der Waals surface area contributed by atoms with Crippen molar-refractivity contribution in [3.05, 3.63) is 0 Å². The largest absolute Gasteiger partial charge is 0.463 e. The van der Waals surface area contributed by atoms with Gasteiger partial charge >= 0.3 is 11.9 Å². The molecule has 0 amide bonds. The lowest BCUT2D eigenvalue weighted by Gasteiger charge is -2.23. The number of rotatable bonds is 7. The van der Waals surface area contributed by atoms with Crippen LogP contribution in [-0.2, 0) is 19.1 Å². The van der Waals surface area contributed by atoms with E-state index in [9.17, 15) is 9.59 Å². The monoisotopic (exact) mass is 231 g/mol. The fourth-order valence-electron chi connectivity index (χ4n) is 1.31. The van der Waals surface area contributed by atoms with Crippen LogP contribution in [0.25, 0.3) is 0 Å². The molecule has 0 spiro atoms. The van der Waals surface area contributed by atoms with Crippen LogP contribution in [0, 0.1) is 0 Å². The maximum atomic E-state index is 11.5. The van der Waals surface area contributed by atoms with Crippen LogP contribution in [0.5, 0.6) is 0 Å². The lowest BCUT2D eigenvalue weighted by molar-refractivity contribution is -0.167. The molecule has 0 saturated carbocycles. The third-order valence-electron chi connectivity index (χ3n) is 2.18. The molecular formula is C11H21NO4. The number of nitrogens with zero attached hydrogens (tertiary/aromatic N) is 1. The fraction of sp³-hybridized carbons (Fsp3) is 0.818. The summed E-state index contributed by atoms with van der Waals surface area (Å²) in [5.41, 5.74) is 0. The predicted molar refractivity (Wildman–Crippen MR) is 60.0 cm³/mol. The molecule has 0 saturated heterocycles. The molecule has 1 atom stereocenters. The molecule has 0 N–H and O–H groups in total. The quantitative estimate of drug-likeness (QED) is 0.607. The van der Waals surface area contributed by atoms with Crippen LogP contribution < -0.4 is 0 Å². The van der Waals surface area contributed by atoms with Gasteiger partial charge in [0.25, 0.3) is 0 Å². The number of carbonyl (C=O) groups excluding carboxylic acids is 2. The van der Waals surface area contributed by atoms with Gasteiger partial charge in [-0.1, -0.05) is 13.8 Å². The third-order valence-corrected chi connectivity index (χ3v) is 2.18. The second-order valence-corrected chi connectivity index (χ2v) is 3.34. The van der Waals surface area contributed by atoms with Crippen LogP contribution in [0.3, 0.4) is 0 Å². The van der Waals surface area contributed by atoms with Gasteiger partial charge in [0.2, 0.25) is 6.10 Å². The molecule has 0 aliphatic rings. The molecule has 0 aliphatic carbocycles. The molecule has 0 fully saturated rings. The van der Waals surface area contributed by atoms with Crippen LogP contribution in [-0.4, -0.2) is 49.2 Å². The van der Waals surface area contributed by atoms with Crippen LogP contribution in [0.4, 0.5) is 0 Å². The minimum atomic E-state index is -0.822. The van der Waals surface area contributed by atoms with E-state index in [4.69, 9.17) is 9.47 Å². The number of esters is 2. The Morgan fingerprint density at radius 3 is 2.12 bits per heavy atom. The Morgan fingerprint density at radius 1 is 1.19 bits per heavy atom. The Balaban J connectivity index is 4.40. The highest BCUT2D eigenvalue weighted by Gasteiger charge is 2.24. The first kappa shape index (κ1) is 14.9. The summed E-state index contributed by atoms with van der Waals surface area (Å²) in [4.78, 5) is 24.4. The van der Waals surface area contributed by atoms with Gasteiger partial charge < -0.3 is 9.47 Å². The van der Waals surface area contributed by atoms with E-state index in [2.05, 4.69) is 0 Å². The average molecular weight is 231 g/mol. The molecule has 5 nitrogen and oxygen atoms in total. The molecule has 16 heavy (non-hydrogen) atoms. The maximum Gasteiger partial charge on any atom is 0.348 e. The maximum absolute atomic E-state index is 11.5. The van der Waals surface area contributed by atoms with Gasteiger partial charge in [-0.15, -0.1) is 0 Å². The van der Waals surface area contributed by atoms with Crippen molar-refractivity contribution in [1.29, 1.82) is 0 Å². The molecule has 1 unspecified atom stereocenters. The number of hydrogen-bond acceptors (Lipinski definition) is 5. The molecule has 0 aliphatic heterocycles. The summed E-state index contributed by atoms with van der Waals surface area (Å²) >= 11 is 0. The zero-order chi connectivity index (χ0) is 12.6. The average Bonchev–Trinajstić information content (AvgIpc) is 2.23. The van der Waals surface area contributed by atoms with Crippen molar-refractivity contribution in [1.82, 2.24) is 4.90 Å². The first-order chi connectivity index (χ1) is 7.54. The lowest BCUT2D eigenvalue weighted by atomic mass is 10.3. The van der Waals surface area contributed by atoms with Gasteiger partial charge in [-0.25, -0.2) is 4.79 Å². The number of hydrogen-bond donors (Lipinski definition) is 0. The smallest absolute Gasteiger partial charge is 0.348 e. The van der Waals surface area contributed by atoms with E-state index in [1.807, 2.05) is 18.7 Å². The fourth-order valence-corrected chi connectivity index (χ4v) is 1.31. The van der Waals surface area contributed by atoms with E-state index >= 15 is 0 Å². The van der Waals surface area contributed by atoms with E-state index in [-0.39, 0.29) is 6.61 Å². The first-order valence-electron chi connectivity index (χ1n) is 5.61. The van der Waals surface area contributed by atoms with Crippen molar-refractivity contribution < 1.29 is 19.1 Å². The van der Waals surface area contributed by atoms with Gasteiger partial charge in [-0.05, 0) is 20.0 Å². The molecule has 0 rings (SSSR count). The summed E-state index contributed by atoms with van der Waals surface area (Å²) in [7, 11) is 0. The molecule has 0 radical (unpaired) electrons. The molecule has 0 aromatic carbocycles. The van der Waals surface area contributed by atoms with Crippen molar-refractivity contribution in [2.24, 2.45) is 0 Å². The van der Waals surface area contributed by atoms with Crippen molar-refractivity contribution in [3.63, 3.8) is 0 Å². The summed E-state index contributed by atoms with van der Waals surface area (Å²) in [6, 6.07) is 0. The summed E-state index contributed by atoms with van der Waals surface area (Å²) in [6.45, 7) is 9.25. The van der Waals surface area contributed by atoms with Gasteiger partial charge in [-0.3, -0.25) is 9.69 Å². The van der Waals surface area contributed by atoms with E-state index in [1.54, 1.807) is 6.92 Å². The summed E-state index contributed by atoms with van der Waals surface area (Å²) in [6.07, 6.45) is -0.822. The predicted octanol–water partition coefficient (Wildman–Crippen LogP) is 0.823. The second kappa shape index (κ2) is 8.10. The minimum absolute atomic E-state index is 0.287. The van der Waals surface area contributed by atoms with Gasteiger partial charge in [-0.2, -0.15) is 0 Å². The second-order valence-electron chi connectivity index (χ2n) is 3.34. The summed E-state index contributed by atoms with van der Waals surface area (Å²) in [5.74, 6) is -0.949. The molecule has 0 bridgehead atoms. The Kier molecular flexibility index (Phi) is 7.54. The molecule has 5 heteroatoms. The van der Waals surface area contributed by atoms with E-state index in [1.165, 1.54) is 6.92 Å². The van der Waals surface area contributed by atoms with Crippen LogP contribution >= 0.6 is 0 Å². The Hall–Kier alpha value is -1.10. The highest BCUT2D eigenvalue weighted by Crippen LogP contribution is 2.01. The van der Waals surface area contributed by atoms with Crippen molar-refractivity contribution >= 4 is 11.9 Å². The minimum Gasteiger partial charge on any atom is -0.463 e. The lowest BCUT2D eigenvalue weighted by Crippen LogP contribution is -2.40. The zero-order valence-corrected chi connectivity index (χ0v) is 10.5. The van der Waals surface area contributed by atoms with Crippen molar-refractivity contribution in [3.8, 4) is 0 Å². The Labute approximate surface area is 96.7 Å². The first-order valence-corrected chi connectivity index (χ1v) is 5.61. The van der Waals surface area contributed by atoms with Gasteiger partial charge in [0, 0.05) is 13.5 Å². The van der Waals surface area contributed by atoms with Gasteiger partial charge in [0.15, 0.2) is 0 Å². The molecular weight excluding hydrogens is 210 g/mol. The SMILES string of the molecule is CCOC(=O)C(CN(CC)CC)OC(C)=O. The van der Waals surface area contributed by atoms with E-state index in [0.29, 0.717) is 6.54 Å². The van der Waals surface area contributed by atoms with Crippen LogP contribution in [0.2, 0.25) is 0 Å². The number of carbonyl (C=O) groups is 2. The number of likely N-dealkylation sites (N-methyl/N-ethyl adjacent to an activating group) is 1. The normalized spacial score (nSPS) is 12.3. The molecule has 94 valence electrons. The Morgan fingerprint density at radius 2 is 1.75 bits per heavy atom. The zero-order valence-electron chi connectivity index (χ0n) is 10.5. The van der Waals surface area contributed by atoms with Crippen LogP contribution in [0.15, 0.2) is 0 Å². The summed E-state index contributed by atoms with van der Waals surface area (Å²) < 4.78 is 9.80. The van der Waals surface area contributed by atoms with E-state index < -0.39 is 18.0 Å². The third kappa shape index (κ3) is 5.70. The van der Waals surface area contributed by atoms with Crippen molar-refractivity contribution in [2.75, 3.05) is 26.2 Å².